The van der Waals surface area contributed by atoms with E-state index in [2.05, 4.69) is 48.7 Å². The Hall–Kier alpha value is -1.60. The van der Waals surface area contributed by atoms with Gasteiger partial charge in [-0.25, -0.2) is 0 Å². The smallest absolute Gasteiger partial charge is 0.226 e. The minimum Gasteiger partial charge on any atom is -0.356 e. The highest BCUT2D eigenvalue weighted by atomic mass is 79.9. The number of benzene rings is 1. The topological polar surface area (TPSA) is 68.8 Å². The van der Waals surface area contributed by atoms with Crippen molar-refractivity contribution in [2.24, 2.45) is 4.99 Å². The van der Waals surface area contributed by atoms with Gasteiger partial charge in [-0.1, -0.05) is 28.9 Å². The molecule has 2 rings (SSSR count). The zero-order valence-corrected chi connectivity index (χ0v) is 17.5. The summed E-state index contributed by atoms with van der Waals surface area (Å²) in [6.07, 6.45) is 2.88. The maximum atomic E-state index is 12.2. The zero-order chi connectivity index (χ0) is 18.9. The van der Waals surface area contributed by atoms with Crippen molar-refractivity contribution in [2.45, 2.75) is 39.2 Å². The number of hydrogen-bond acceptors (Lipinski definition) is 3. The number of carbonyl (C=O) groups excluding carboxylic acids is 1. The van der Waals surface area contributed by atoms with E-state index in [0.29, 0.717) is 19.0 Å². The number of anilines is 1. The zero-order valence-electron chi connectivity index (χ0n) is 15.9. The van der Waals surface area contributed by atoms with E-state index in [9.17, 15) is 4.79 Å². The first-order chi connectivity index (χ1) is 12.5. The molecule has 1 aromatic carbocycles. The second-order valence-electron chi connectivity index (χ2n) is 6.56. The van der Waals surface area contributed by atoms with Gasteiger partial charge in [-0.05, 0) is 50.6 Å². The Kier molecular flexibility index (Phi) is 8.38. The number of likely N-dealkylation sites (tertiary alicyclic amines) is 1. The molecule has 26 heavy (non-hydrogen) atoms. The van der Waals surface area contributed by atoms with Crippen LogP contribution in [0.2, 0.25) is 0 Å². The van der Waals surface area contributed by atoms with Crippen molar-refractivity contribution in [3.63, 3.8) is 0 Å². The van der Waals surface area contributed by atoms with Gasteiger partial charge in [-0.3, -0.25) is 14.7 Å². The maximum absolute atomic E-state index is 12.2. The Balaban J connectivity index is 1.71. The molecule has 1 heterocycles. The molecule has 1 aliphatic heterocycles. The molecule has 1 aromatic rings. The van der Waals surface area contributed by atoms with E-state index in [1.54, 1.807) is 7.05 Å². The summed E-state index contributed by atoms with van der Waals surface area (Å²) in [7, 11) is 1.76. The summed E-state index contributed by atoms with van der Waals surface area (Å²) < 4.78 is 0.953. The van der Waals surface area contributed by atoms with Crippen LogP contribution < -0.4 is 16.0 Å². The standard InChI is InChI=1S/C19H30BrN5O/c1-4-25-11-5-6-16(25)13-23-19(21-3)22-10-9-18(26)24-17-12-15(20)8-7-14(17)2/h7-8,12,16H,4-6,9-11,13H2,1-3H3,(H,24,26)(H2,21,22,23). The summed E-state index contributed by atoms with van der Waals surface area (Å²) in [6, 6.07) is 6.43. The third kappa shape index (κ3) is 6.29. The molecule has 1 fully saturated rings. The van der Waals surface area contributed by atoms with Crippen LogP contribution in [0.5, 0.6) is 0 Å². The predicted molar refractivity (Wildman–Crippen MR) is 112 cm³/mol. The highest BCUT2D eigenvalue weighted by Crippen LogP contribution is 2.20. The number of likely N-dealkylation sites (N-methyl/N-ethyl adjacent to an activating group) is 1. The van der Waals surface area contributed by atoms with Crippen LogP contribution in [0.3, 0.4) is 0 Å². The highest BCUT2D eigenvalue weighted by molar-refractivity contribution is 9.10. The van der Waals surface area contributed by atoms with Crippen molar-refractivity contribution in [3.8, 4) is 0 Å². The van der Waals surface area contributed by atoms with E-state index >= 15 is 0 Å². The van der Waals surface area contributed by atoms with Gasteiger partial charge < -0.3 is 16.0 Å². The lowest BCUT2D eigenvalue weighted by Crippen LogP contribution is -2.45. The second-order valence-corrected chi connectivity index (χ2v) is 7.48. The van der Waals surface area contributed by atoms with Crippen LogP contribution in [0.4, 0.5) is 5.69 Å². The minimum atomic E-state index is -0.0119. The largest absolute Gasteiger partial charge is 0.356 e. The average Bonchev–Trinajstić information content (AvgIpc) is 3.08. The van der Waals surface area contributed by atoms with Crippen LogP contribution in [0.15, 0.2) is 27.7 Å². The summed E-state index contributed by atoms with van der Waals surface area (Å²) in [5, 5.41) is 9.55. The van der Waals surface area contributed by atoms with Gasteiger partial charge in [0.05, 0.1) is 0 Å². The van der Waals surface area contributed by atoms with Crippen molar-refractivity contribution in [2.75, 3.05) is 38.5 Å². The number of amides is 1. The summed E-state index contributed by atoms with van der Waals surface area (Å²) in [5.41, 5.74) is 1.89. The number of nitrogens with zero attached hydrogens (tertiary/aromatic N) is 2. The van der Waals surface area contributed by atoms with Crippen molar-refractivity contribution < 1.29 is 4.79 Å². The fourth-order valence-corrected chi connectivity index (χ4v) is 3.57. The van der Waals surface area contributed by atoms with Gasteiger partial charge in [-0.2, -0.15) is 0 Å². The van der Waals surface area contributed by atoms with E-state index in [1.807, 2.05) is 25.1 Å². The van der Waals surface area contributed by atoms with Gasteiger partial charge in [0.1, 0.15) is 0 Å². The first kappa shape index (κ1) is 20.7. The highest BCUT2D eigenvalue weighted by Gasteiger charge is 2.22. The van der Waals surface area contributed by atoms with Gasteiger partial charge in [0.15, 0.2) is 5.96 Å². The molecule has 1 unspecified atom stereocenters. The summed E-state index contributed by atoms with van der Waals surface area (Å²) in [4.78, 5) is 18.9. The van der Waals surface area contributed by atoms with Crippen LogP contribution in [0, 0.1) is 6.92 Å². The van der Waals surface area contributed by atoms with Gasteiger partial charge in [0.25, 0.3) is 0 Å². The van der Waals surface area contributed by atoms with Crippen LogP contribution in [0.1, 0.15) is 31.7 Å². The minimum absolute atomic E-state index is 0.0119. The predicted octanol–water partition coefficient (Wildman–Crippen LogP) is 2.74. The van der Waals surface area contributed by atoms with Crippen LogP contribution >= 0.6 is 15.9 Å². The van der Waals surface area contributed by atoms with Crippen LogP contribution in [-0.2, 0) is 4.79 Å². The molecule has 3 N–H and O–H groups in total. The quantitative estimate of drug-likeness (QED) is 0.465. The van der Waals surface area contributed by atoms with Crippen molar-refractivity contribution >= 4 is 33.5 Å². The average molecular weight is 424 g/mol. The first-order valence-corrected chi connectivity index (χ1v) is 10.1. The SMILES string of the molecule is CCN1CCCC1CNC(=NC)NCCC(=O)Nc1cc(Br)ccc1C. The number of nitrogens with one attached hydrogen (secondary N) is 3. The first-order valence-electron chi connectivity index (χ1n) is 9.28. The van der Waals surface area contributed by atoms with Gasteiger partial charge in [0, 0.05) is 42.8 Å². The fourth-order valence-electron chi connectivity index (χ4n) is 3.21. The molecule has 6 nitrogen and oxygen atoms in total. The molecule has 144 valence electrons. The molecule has 1 aliphatic rings. The molecule has 0 aromatic heterocycles. The number of hydrogen-bond donors (Lipinski definition) is 3. The van der Waals surface area contributed by atoms with E-state index < -0.39 is 0 Å². The Labute approximate surface area is 165 Å². The molecule has 0 bridgehead atoms. The molecule has 0 spiro atoms. The molecule has 7 heteroatoms. The van der Waals surface area contributed by atoms with Crippen molar-refractivity contribution in [3.05, 3.63) is 28.2 Å². The Morgan fingerprint density at radius 2 is 2.19 bits per heavy atom. The lowest BCUT2D eigenvalue weighted by Gasteiger charge is -2.23. The van der Waals surface area contributed by atoms with E-state index in [1.165, 1.54) is 19.4 Å². The van der Waals surface area contributed by atoms with E-state index in [4.69, 9.17) is 0 Å². The number of rotatable bonds is 7. The Morgan fingerprint density at radius 3 is 2.92 bits per heavy atom. The summed E-state index contributed by atoms with van der Waals surface area (Å²) >= 11 is 3.43. The third-order valence-electron chi connectivity index (χ3n) is 4.75. The monoisotopic (exact) mass is 423 g/mol. The molecule has 0 saturated carbocycles. The lowest BCUT2D eigenvalue weighted by atomic mass is 10.2. The number of aryl methyl sites for hydroxylation is 1. The lowest BCUT2D eigenvalue weighted by molar-refractivity contribution is -0.116. The van der Waals surface area contributed by atoms with Gasteiger partial charge in [-0.15, -0.1) is 0 Å². The molecule has 0 radical (unpaired) electrons. The Bertz CT molecular complexity index is 634. The summed E-state index contributed by atoms with van der Waals surface area (Å²) in [6.45, 7) is 7.89. The number of guanidine groups is 1. The summed E-state index contributed by atoms with van der Waals surface area (Å²) in [5.74, 6) is 0.737. The fraction of sp³-hybridized carbons (Fsp3) is 0.579. The Morgan fingerprint density at radius 1 is 1.38 bits per heavy atom. The third-order valence-corrected chi connectivity index (χ3v) is 5.25. The van der Waals surface area contributed by atoms with Gasteiger partial charge >= 0.3 is 0 Å². The van der Waals surface area contributed by atoms with Crippen LogP contribution in [0.25, 0.3) is 0 Å². The molecule has 1 saturated heterocycles. The normalized spacial score (nSPS) is 18.0. The second kappa shape index (κ2) is 10.5. The van der Waals surface area contributed by atoms with Crippen molar-refractivity contribution in [1.82, 2.24) is 15.5 Å². The van der Waals surface area contributed by atoms with Crippen molar-refractivity contribution in [1.29, 1.82) is 0 Å². The van der Waals surface area contributed by atoms with E-state index in [0.717, 1.165) is 34.8 Å². The molecule has 1 atom stereocenters. The number of aliphatic imine (C=N–C) groups is 1. The van der Waals surface area contributed by atoms with Crippen LogP contribution in [-0.4, -0.2) is 56.0 Å². The van der Waals surface area contributed by atoms with Gasteiger partial charge in [0.2, 0.25) is 5.91 Å². The number of halogens is 1. The van der Waals surface area contributed by atoms with E-state index in [-0.39, 0.29) is 5.91 Å². The molecule has 0 aliphatic carbocycles. The molecular weight excluding hydrogens is 394 g/mol. The number of carbonyl (C=O) groups is 1. The maximum Gasteiger partial charge on any atom is 0.226 e. The molecular formula is C19H30BrN5O. The molecule has 1 amide bonds.